The summed E-state index contributed by atoms with van der Waals surface area (Å²) in [4.78, 5) is 4.53. The van der Waals surface area contributed by atoms with Gasteiger partial charge in [-0.25, -0.2) is 4.98 Å². The summed E-state index contributed by atoms with van der Waals surface area (Å²) in [6, 6.07) is 6.88. The predicted octanol–water partition coefficient (Wildman–Crippen LogP) is 6.17. The second-order valence-corrected chi connectivity index (χ2v) is 7.62. The molecule has 0 amide bonds. The average molecular weight is 345 g/mol. The molecule has 1 aromatic heterocycles. The number of fused-ring (bicyclic) bond motifs is 1. The number of aromatic nitrogens is 1. The van der Waals surface area contributed by atoms with Gasteiger partial charge in [-0.3, -0.25) is 0 Å². The van der Waals surface area contributed by atoms with Crippen LogP contribution in [0.1, 0.15) is 82.2 Å². The third-order valence-electron chi connectivity index (χ3n) is 5.20. The van der Waals surface area contributed by atoms with Crippen molar-refractivity contribution in [3.63, 3.8) is 0 Å². The first-order valence-electron chi connectivity index (χ1n) is 9.40. The van der Waals surface area contributed by atoms with Crippen molar-refractivity contribution in [2.24, 2.45) is 5.41 Å². The van der Waals surface area contributed by atoms with Crippen LogP contribution in [0.5, 0.6) is 0 Å². The van der Waals surface area contributed by atoms with Gasteiger partial charge in [0.2, 0.25) is 0 Å². The molecule has 4 rings (SSSR count). The van der Waals surface area contributed by atoms with Gasteiger partial charge in [0.05, 0.1) is 5.69 Å². The van der Waals surface area contributed by atoms with Gasteiger partial charge in [0.25, 0.3) is 0 Å². The van der Waals surface area contributed by atoms with Crippen molar-refractivity contribution in [2.75, 3.05) is 5.73 Å². The van der Waals surface area contributed by atoms with Crippen molar-refractivity contribution < 1.29 is 0 Å². The van der Waals surface area contributed by atoms with Gasteiger partial charge in [-0.1, -0.05) is 59.7 Å². The van der Waals surface area contributed by atoms with E-state index in [2.05, 4.69) is 42.4 Å². The molecule has 24 heavy (non-hydrogen) atoms. The van der Waals surface area contributed by atoms with E-state index in [0.717, 1.165) is 0 Å². The van der Waals surface area contributed by atoms with Crippen molar-refractivity contribution in [1.82, 2.24) is 4.98 Å². The number of aryl methyl sites for hydroxylation is 1. The van der Waals surface area contributed by atoms with Gasteiger partial charge >= 0.3 is 0 Å². The average Bonchev–Trinajstić information content (AvgIpc) is 3.01. The molecule has 2 atom stereocenters. The molecular formula is C21H32N2S. The predicted molar refractivity (Wildman–Crippen MR) is 107 cm³/mol. The lowest BCUT2D eigenvalue weighted by Crippen LogP contribution is -1.95. The van der Waals surface area contributed by atoms with Crippen LogP contribution in [-0.2, 0) is 12.8 Å². The zero-order chi connectivity index (χ0) is 17.9. The Morgan fingerprint density at radius 3 is 2.42 bits per heavy atom. The van der Waals surface area contributed by atoms with Crippen LogP contribution in [0.2, 0.25) is 0 Å². The fraction of sp³-hybridized carbons (Fsp3) is 0.571. The lowest BCUT2D eigenvalue weighted by Gasteiger charge is -2.09. The number of anilines is 1. The van der Waals surface area contributed by atoms with Gasteiger partial charge in [0.1, 0.15) is 0 Å². The Balaban J connectivity index is 0.000000487. The second kappa shape index (κ2) is 7.69. The Bertz CT molecular complexity index is 672. The SMILES string of the molecule is CC.CC.CC1(C)[C@H](c2csc(N)n2)[C@H]1c1cccc2c1CCC2. The lowest BCUT2D eigenvalue weighted by atomic mass is 9.96. The van der Waals surface area contributed by atoms with Gasteiger partial charge in [-0.15, -0.1) is 11.3 Å². The summed E-state index contributed by atoms with van der Waals surface area (Å²) in [5.41, 5.74) is 12.1. The van der Waals surface area contributed by atoms with Crippen LogP contribution >= 0.6 is 11.3 Å². The van der Waals surface area contributed by atoms with Crippen molar-refractivity contribution in [2.45, 2.75) is 72.6 Å². The number of nitrogens with two attached hydrogens (primary N) is 1. The highest BCUT2D eigenvalue weighted by Crippen LogP contribution is 2.70. The van der Waals surface area contributed by atoms with E-state index >= 15 is 0 Å². The molecule has 2 N–H and O–H groups in total. The standard InChI is InChI=1S/C17H20N2S.2C2H6/c1-17(2)14(15(17)13-9-20-16(18)19-13)12-8-4-6-10-5-3-7-11(10)12;2*1-2/h4,6,8-9,14-15H,3,5,7H2,1-2H3,(H2,18,19);2*1-2H3/t14-,15-;;/m1../s1. The van der Waals surface area contributed by atoms with Crippen LogP contribution in [0, 0.1) is 5.41 Å². The summed E-state index contributed by atoms with van der Waals surface area (Å²) < 4.78 is 0. The van der Waals surface area contributed by atoms with Crippen LogP contribution < -0.4 is 5.73 Å². The van der Waals surface area contributed by atoms with Gasteiger partial charge in [-0.05, 0) is 47.3 Å². The Labute approximate surface area is 151 Å². The normalized spacial score (nSPS) is 22.6. The summed E-state index contributed by atoms with van der Waals surface area (Å²) in [5.74, 6) is 1.14. The van der Waals surface area contributed by atoms with E-state index in [4.69, 9.17) is 5.73 Å². The van der Waals surface area contributed by atoms with Crippen molar-refractivity contribution in [3.8, 4) is 0 Å². The second-order valence-electron chi connectivity index (χ2n) is 6.73. The van der Waals surface area contributed by atoms with E-state index in [1.165, 1.54) is 25.0 Å². The van der Waals surface area contributed by atoms with Gasteiger partial charge in [0.15, 0.2) is 5.13 Å². The van der Waals surface area contributed by atoms with Gasteiger partial charge < -0.3 is 5.73 Å². The maximum Gasteiger partial charge on any atom is 0.180 e. The summed E-state index contributed by atoms with van der Waals surface area (Å²) in [6.45, 7) is 12.7. The fourth-order valence-electron chi connectivity index (χ4n) is 4.15. The largest absolute Gasteiger partial charge is 0.375 e. The van der Waals surface area contributed by atoms with E-state index in [0.29, 0.717) is 22.4 Å². The molecule has 1 heterocycles. The van der Waals surface area contributed by atoms with Crippen molar-refractivity contribution in [3.05, 3.63) is 46.0 Å². The van der Waals surface area contributed by atoms with E-state index in [9.17, 15) is 0 Å². The molecule has 2 aliphatic rings. The molecule has 0 saturated heterocycles. The third-order valence-corrected chi connectivity index (χ3v) is 5.90. The minimum Gasteiger partial charge on any atom is -0.375 e. The maximum atomic E-state index is 5.81. The molecule has 0 radical (unpaired) electrons. The molecule has 0 bridgehead atoms. The number of rotatable bonds is 2. The zero-order valence-electron chi connectivity index (χ0n) is 16.0. The maximum absolute atomic E-state index is 5.81. The smallest absolute Gasteiger partial charge is 0.180 e. The molecule has 132 valence electrons. The van der Waals surface area contributed by atoms with Crippen molar-refractivity contribution >= 4 is 16.5 Å². The quantitative estimate of drug-likeness (QED) is 0.707. The highest BCUT2D eigenvalue weighted by molar-refractivity contribution is 7.13. The molecule has 3 heteroatoms. The Morgan fingerprint density at radius 1 is 1.08 bits per heavy atom. The Morgan fingerprint density at radius 2 is 1.79 bits per heavy atom. The van der Waals surface area contributed by atoms with Crippen LogP contribution in [0.25, 0.3) is 0 Å². The van der Waals surface area contributed by atoms with E-state index < -0.39 is 0 Å². The molecule has 0 spiro atoms. The summed E-state index contributed by atoms with van der Waals surface area (Å²) >= 11 is 1.56. The van der Waals surface area contributed by atoms with Crippen LogP contribution in [-0.4, -0.2) is 4.98 Å². The molecule has 2 nitrogen and oxygen atoms in total. The molecule has 1 fully saturated rings. The first kappa shape index (κ1) is 19.0. The molecule has 0 aliphatic heterocycles. The summed E-state index contributed by atoms with van der Waals surface area (Å²) in [6.07, 6.45) is 3.82. The van der Waals surface area contributed by atoms with Crippen LogP contribution in [0.3, 0.4) is 0 Å². The summed E-state index contributed by atoms with van der Waals surface area (Å²) in [7, 11) is 0. The van der Waals surface area contributed by atoms with Gasteiger partial charge in [0, 0.05) is 11.3 Å². The van der Waals surface area contributed by atoms with E-state index in [-0.39, 0.29) is 0 Å². The fourth-order valence-corrected chi connectivity index (χ4v) is 4.75. The Hall–Kier alpha value is -1.35. The molecule has 1 aromatic carbocycles. The minimum atomic E-state index is 0.304. The number of hydrogen-bond donors (Lipinski definition) is 1. The monoisotopic (exact) mass is 344 g/mol. The zero-order valence-corrected chi connectivity index (χ0v) is 16.8. The first-order chi connectivity index (χ1) is 11.6. The van der Waals surface area contributed by atoms with Crippen molar-refractivity contribution in [1.29, 1.82) is 0 Å². The Kier molecular flexibility index (Phi) is 6.08. The highest BCUT2D eigenvalue weighted by atomic mass is 32.1. The summed E-state index contributed by atoms with van der Waals surface area (Å²) in [5, 5.41) is 2.84. The number of hydrogen-bond acceptors (Lipinski definition) is 3. The molecule has 2 aliphatic carbocycles. The van der Waals surface area contributed by atoms with Crippen LogP contribution in [0.4, 0.5) is 5.13 Å². The van der Waals surface area contributed by atoms with E-state index in [1.54, 1.807) is 28.0 Å². The molecule has 1 saturated carbocycles. The topological polar surface area (TPSA) is 38.9 Å². The van der Waals surface area contributed by atoms with Crippen LogP contribution in [0.15, 0.2) is 23.6 Å². The number of nitrogen functional groups attached to an aromatic ring is 1. The number of thiazole rings is 1. The number of benzene rings is 1. The first-order valence-corrected chi connectivity index (χ1v) is 10.3. The minimum absolute atomic E-state index is 0.304. The molecular weight excluding hydrogens is 312 g/mol. The molecule has 2 aromatic rings. The van der Waals surface area contributed by atoms with E-state index in [1.807, 2.05) is 27.7 Å². The molecule has 0 unspecified atom stereocenters. The number of nitrogens with zero attached hydrogens (tertiary/aromatic N) is 1. The lowest BCUT2D eigenvalue weighted by molar-refractivity contribution is 0.597. The van der Waals surface area contributed by atoms with Gasteiger partial charge in [-0.2, -0.15) is 0 Å². The highest BCUT2D eigenvalue weighted by Gasteiger charge is 2.60. The third kappa shape index (κ3) is 3.23.